The maximum absolute atomic E-state index is 15.1. The van der Waals surface area contributed by atoms with E-state index in [0.717, 1.165) is 52.3 Å². The fourth-order valence-corrected chi connectivity index (χ4v) is 16.3. The lowest BCUT2D eigenvalue weighted by atomic mass is 9.92. The molecule has 11 amide bonds. The number of thiazole rings is 1. The lowest BCUT2D eigenvalue weighted by Crippen LogP contribution is -2.59. The first-order valence-electron chi connectivity index (χ1n) is 41.9. The number of hydrogen-bond donors (Lipinski definition) is 15. The number of phenolic OH excluding ortho intramolecular Hbond substituents is 1. The molecule has 37 nitrogen and oxygen atoms in total. The zero-order valence-electron chi connectivity index (χ0n) is 71.8. The molecule has 2 unspecified atom stereocenters. The van der Waals surface area contributed by atoms with Crippen LogP contribution in [-0.4, -0.2) is 235 Å². The van der Waals surface area contributed by atoms with Crippen LogP contribution >= 0.6 is 32.9 Å². The van der Waals surface area contributed by atoms with E-state index in [9.17, 15) is 92.3 Å². The number of benzene rings is 3. The summed E-state index contributed by atoms with van der Waals surface area (Å²) in [6, 6.07) is 12.3. The lowest BCUT2D eigenvalue weighted by molar-refractivity contribution is -0.160. The lowest BCUT2D eigenvalue weighted by Gasteiger charge is -2.39. The number of carbonyl (C=O) groups is 16. The number of ether oxygens (including phenoxy) is 3. The van der Waals surface area contributed by atoms with Gasteiger partial charge in [-0.3, -0.25) is 63.1 Å². The number of phenols is 1. The Hall–Kier alpha value is -11.1. The Morgan fingerprint density at radius 3 is 1.78 bits per heavy atom. The van der Waals surface area contributed by atoms with Crippen LogP contribution < -0.4 is 53.4 Å². The molecule has 0 saturated carbocycles. The van der Waals surface area contributed by atoms with Crippen molar-refractivity contribution in [3.63, 3.8) is 0 Å². The van der Waals surface area contributed by atoms with Gasteiger partial charge in [0.05, 0.1) is 6.04 Å². The van der Waals surface area contributed by atoms with Crippen LogP contribution in [0, 0.1) is 17.8 Å². The third kappa shape index (κ3) is 39.3. The summed E-state index contributed by atoms with van der Waals surface area (Å²) < 4.78 is 16.9. The van der Waals surface area contributed by atoms with Crippen LogP contribution in [0.3, 0.4) is 0 Å². The van der Waals surface area contributed by atoms with Gasteiger partial charge in [0, 0.05) is 93.3 Å². The first-order chi connectivity index (χ1) is 59.5. The first-order valence-corrected chi connectivity index (χ1v) is 45.3. The minimum absolute atomic E-state index is 0.00284. The number of amides is 11. The molecule has 1 aliphatic rings. The molecule has 1 saturated heterocycles. The molecule has 1 aliphatic heterocycles. The smallest absolute Gasteiger partial charge is 0.426 e. The second kappa shape index (κ2) is 56.0. The standard InChI is InChI=1S/C85H121N13O24S3/c1-9-24-72(105)121-50-98(80(111)73(52(5)10-2)94-78(110)66-29-21-23-40-97(66)8)67(51(3)4)47-68(122-54(7)99)79-91-64(48-123-79)77(109)87-58(44-57-31-33-59(100)34-32-57)43-53(6)74(106)95-96-85(119)120-41-42-124-125-49-65(83(116)117)90-76(108)63(46-56-27-18-15-19-28-56)89-75(107)62(45-55-25-16-14-17-26-55)88-70(102)30-20-12-11-13-22-39-86-69(101)37-35-60(81(112)113)92-84(118)93-61(82(114)115)36-38-71(103)104/h14-19,25-28,31-34,48,51-53,58,60-63,65-68,73,100H,9-13,20-24,29-30,35-47,49-50H2,1-8H3,(H,86,101)(H,87,109)(H,88,102)(H,89,107)(H,90,108)(H,94,110)(H,95,106)(H,96,119)(H,103,104)(H,112,113)(H,114,115)(H,116,117)(H2,92,93,118)/t52?,53-,58+,60-,61-,62-,63-,65-,66?,67+,68+,73-/m0/s1. The second-order valence-corrected chi connectivity index (χ2v) is 34.5. The Kier molecular flexibility index (Phi) is 46.7. The van der Waals surface area contributed by atoms with Crippen molar-refractivity contribution in [2.75, 3.05) is 45.0 Å². The van der Waals surface area contributed by atoms with E-state index in [1.165, 1.54) is 29.3 Å². The van der Waals surface area contributed by atoms with Crippen molar-refractivity contribution in [3.05, 3.63) is 118 Å². The van der Waals surface area contributed by atoms with Crippen molar-refractivity contribution >= 4 is 128 Å². The van der Waals surface area contributed by atoms with Crippen molar-refractivity contribution in [3.8, 4) is 5.75 Å². The Morgan fingerprint density at radius 2 is 1.20 bits per heavy atom. The minimum Gasteiger partial charge on any atom is -0.508 e. The molecule has 0 bridgehead atoms. The molecule has 0 aliphatic carbocycles. The maximum Gasteiger partial charge on any atom is 0.426 e. The van der Waals surface area contributed by atoms with E-state index in [1.54, 1.807) is 79.7 Å². The van der Waals surface area contributed by atoms with Crippen molar-refractivity contribution < 1.29 is 116 Å². The maximum atomic E-state index is 15.1. The summed E-state index contributed by atoms with van der Waals surface area (Å²) in [6.45, 7) is 12.3. The quantitative estimate of drug-likeness (QED) is 0.00536. The molecular weight excluding hydrogens is 1680 g/mol. The molecule has 5 rings (SSSR count). The molecule has 15 N–H and O–H groups in total. The molecule has 4 aromatic rings. The molecule has 2 heterocycles. The van der Waals surface area contributed by atoms with E-state index in [-0.39, 0.29) is 117 Å². The normalized spacial score (nSPS) is 15.2. The molecule has 125 heavy (non-hydrogen) atoms. The second-order valence-electron chi connectivity index (χ2n) is 31.0. The summed E-state index contributed by atoms with van der Waals surface area (Å²) in [7, 11) is 4.02. The number of hydrazine groups is 1. The summed E-state index contributed by atoms with van der Waals surface area (Å²) >= 11 is 1.03. The molecule has 0 spiro atoms. The molecule has 40 heteroatoms. The van der Waals surface area contributed by atoms with Crippen LogP contribution in [-0.2, 0) is 95.8 Å². The van der Waals surface area contributed by atoms with Crippen molar-refractivity contribution in [1.29, 1.82) is 0 Å². The summed E-state index contributed by atoms with van der Waals surface area (Å²) in [4.78, 5) is 217. The van der Waals surface area contributed by atoms with E-state index < -0.39 is 175 Å². The number of likely N-dealkylation sites (N-methyl/N-ethyl adjacent to an activating group) is 1. The largest absolute Gasteiger partial charge is 0.508 e. The monoisotopic (exact) mass is 1800 g/mol. The van der Waals surface area contributed by atoms with E-state index >= 15 is 4.79 Å². The van der Waals surface area contributed by atoms with E-state index in [1.807, 2.05) is 51.9 Å². The first kappa shape index (κ1) is 104. The van der Waals surface area contributed by atoms with Crippen molar-refractivity contribution in [2.24, 2.45) is 17.8 Å². The molecule has 688 valence electrons. The molecule has 1 aromatic heterocycles. The Morgan fingerprint density at radius 1 is 0.608 bits per heavy atom. The van der Waals surface area contributed by atoms with Gasteiger partial charge in [-0.25, -0.2) is 34.4 Å². The predicted molar refractivity (Wildman–Crippen MR) is 464 cm³/mol. The molecule has 3 aromatic carbocycles. The number of nitrogens with one attached hydrogen (secondary N) is 10. The SMILES string of the molecule is CCCC(=O)OCN(C(=O)[C@@H](NC(=O)C1CCCCN1C)C(C)CC)[C@H](C[C@@H](OC(C)=O)c1nc(C(=O)N[C@@H](Cc2ccc(O)cc2)C[C@H](C)C(=O)NNC(=O)OCCSSC[C@H](NC(=O)[C@H](Cc2ccccc2)NC(=O)[C@H](Cc2ccccc2)NC(=O)CCCCCCCNC(=O)CC[C@H](NC(=O)N[C@@H](CCC(=O)O)C(=O)O)C(=O)O)C(=O)O)cs1)C(C)C. The minimum atomic E-state index is -1.60. The third-order valence-corrected chi connectivity index (χ3v) is 24.0. The molecule has 0 radical (unpaired) electrons. The summed E-state index contributed by atoms with van der Waals surface area (Å²) in [5, 5.41) is 70.7. The number of piperidine rings is 1. The third-order valence-electron chi connectivity index (χ3n) is 20.6. The van der Waals surface area contributed by atoms with Gasteiger partial charge in [0.15, 0.2) is 12.8 Å². The number of urea groups is 1. The number of esters is 2. The number of aromatic hydroxyl groups is 1. The number of hydrogen-bond acceptors (Lipinski definition) is 25. The molecular formula is C85H121N13O24S3. The molecule has 12 atom stereocenters. The number of nitrogens with zero attached hydrogens (tertiary/aromatic N) is 3. The fourth-order valence-electron chi connectivity index (χ4n) is 13.5. The highest BCUT2D eigenvalue weighted by molar-refractivity contribution is 8.76. The number of carbonyl (C=O) groups excluding carboxylic acids is 12. The van der Waals surface area contributed by atoms with Crippen molar-refractivity contribution in [2.45, 2.75) is 244 Å². The van der Waals surface area contributed by atoms with E-state index in [0.29, 0.717) is 68.1 Å². The average molecular weight is 1810 g/mol. The van der Waals surface area contributed by atoms with Gasteiger partial charge in [-0.2, -0.15) is 0 Å². The van der Waals surface area contributed by atoms with Crippen LogP contribution in [0.2, 0.25) is 0 Å². The number of likely N-dealkylation sites (tertiary alicyclic amines) is 1. The number of carboxylic acid groups (broad SMARTS) is 4. The van der Waals surface area contributed by atoms with Gasteiger partial charge in [0.2, 0.25) is 41.4 Å². The van der Waals surface area contributed by atoms with Gasteiger partial charge in [0.1, 0.15) is 59.3 Å². The number of unbranched alkanes of at least 4 members (excludes halogenated alkanes) is 4. The topological polar surface area (TPSA) is 542 Å². The zero-order valence-corrected chi connectivity index (χ0v) is 74.3. The van der Waals surface area contributed by atoms with Gasteiger partial charge in [0.25, 0.3) is 5.91 Å². The van der Waals surface area contributed by atoms with Gasteiger partial charge >= 0.3 is 47.9 Å². The Bertz CT molecular complexity index is 4190. The Balaban J connectivity index is 1.12. The van der Waals surface area contributed by atoms with Crippen LogP contribution in [0.4, 0.5) is 9.59 Å². The summed E-state index contributed by atoms with van der Waals surface area (Å²) in [6.07, 6.45) is 2.61. The van der Waals surface area contributed by atoms with Crippen LogP contribution in [0.5, 0.6) is 5.75 Å². The number of aromatic nitrogens is 1. The number of aliphatic carboxylic acids is 4. The van der Waals surface area contributed by atoms with Crippen LogP contribution in [0.1, 0.15) is 202 Å². The van der Waals surface area contributed by atoms with Crippen LogP contribution in [0.25, 0.3) is 0 Å². The van der Waals surface area contributed by atoms with E-state index in [2.05, 4.69) is 53.1 Å². The molecule has 1 fully saturated rings. The highest BCUT2D eigenvalue weighted by Crippen LogP contribution is 2.33. The van der Waals surface area contributed by atoms with Gasteiger partial charge < -0.3 is 87.2 Å². The van der Waals surface area contributed by atoms with Crippen molar-refractivity contribution in [1.82, 2.24) is 68.2 Å². The number of rotatable bonds is 56. The highest BCUT2D eigenvalue weighted by atomic mass is 33.1. The van der Waals surface area contributed by atoms with E-state index in [4.69, 9.17) is 19.3 Å². The average Bonchev–Trinajstić information content (AvgIpc) is 1.82. The van der Waals surface area contributed by atoms with Gasteiger partial charge in [-0.1, -0.05) is 168 Å². The fraction of sp³-hybridized carbons (Fsp3) is 0.565. The predicted octanol–water partition coefficient (Wildman–Crippen LogP) is 6.85. The number of carboxylic acids is 4. The Labute approximate surface area is 738 Å². The zero-order chi connectivity index (χ0) is 92.1. The highest BCUT2D eigenvalue weighted by Gasteiger charge is 2.41. The van der Waals surface area contributed by atoms with Crippen LogP contribution in [0.15, 0.2) is 90.3 Å². The summed E-state index contributed by atoms with van der Waals surface area (Å²) in [5.41, 5.74) is 6.45. The van der Waals surface area contributed by atoms with Gasteiger partial charge in [-0.05, 0) is 112 Å². The summed E-state index contributed by atoms with van der Waals surface area (Å²) in [5.74, 6) is -13.2. The van der Waals surface area contributed by atoms with Gasteiger partial charge in [-0.15, -0.1) is 11.3 Å².